The summed E-state index contributed by atoms with van der Waals surface area (Å²) < 4.78 is 26.6. The standard InChI is InChI=1S/C9H10BrNO4S3/c1-5-7(2-8(10)17-5)18(14,15)11-4-16-3-6(11)9(12)13/h2,6H,3-4H2,1H3,(H,12,13). The minimum atomic E-state index is -3.73. The Bertz CT molecular complexity index is 583. The Morgan fingerprint density at radius 2 is 2.28 bits per heavy atom. The van der Waals surface area contributed by atoms with Crippen molar-refractivity contribution in [2.45, 2.75) is 17.9 Å². The zero-order valence-electron chi connectivity index (χ0n) is 9.29. The average Bonchev–Trinajstić information content (AvgIpc) is 2.84. The van der Waals surface area contributed by atoms with Gasteiger partial charge in [0.05, 0.1) is 14.6 Å². The maximum absolute atomic E-state index is 12.4. The number of rotatable bonds is 3. The Morgan fingerprint density at radius 3 is 2.78 bits per heavy atom. The summed E-state index contributed by atoms with van der Waals surface area (Å²) in [6, 6.07) is 0.551. The fourth-order valence-corrected chi connectivity index (χ4v) is 7.19. The molecule has 0 spiro atoms. The van der Waals surface area contributed by atoms with E-state index in [9.17, 15) is 13.2 Å². The number of thiophene rings is 1. The van der Waals surface area contributed by atoms with Gasteiger partial charge in [-0.05, 0) is 28.9 Å². The predicted octanol–water partition coefficient (Wildman–Crippen LogP) is 1.97. The van der Waals surface area contributed by atoms with Gasteiger partial charge < -0.3 is 5.11 Å². The predicted molar refractivity (Wildman–Crippen MR) is 74.5 cm³/mol. The summed E-state index contributed by atoms with van der Waals surface area (Å²) in [5.41, 5.74) is 0. The quantitative estimate of drug-likeness (QED) is 0.878. The van der Waals surface area contributed by atoms with E-state index < -0.39 is 22.0 Å². The van der Waals surface area contributed by atoms with Crippen LogP contribution in [0, 0.1) is 6.92 Å². The Labute approximate surface area is 121 Å². The zero-order valence-corrected chi connectivity index (χ0v) is 13.3. The summed E-state index contributed by atoms with van der Waals surface area (Å²) >= 11 is 5.87. The van der Waals surface area contributed by atoms with Gasteiger partial charge in [-0.15, -0.1) is 23.1 Å². The van der Waals surface area contributed by atoms with Crippen molar-refractivity contribution < 1.29 is 18.3 Å². The van der Waals surface area contributed by atoms with Gasteiger partial charge in [0, 0.05) is 10.6 Å². The summed E-state index contributed by atoms with van der Waals surface area (Å²) in [5.74, 6) is -0.624. The Kier molecular flexibility index (Phi) is 4.07. The normalized spacial score (nSPS) is 21.3. The molecule has 1 aromatic heterocycles. The summed E-state index contributed by atoms with van der Waals surface area (Å²) in [5, 5.41) is 9.04. The number of sulfonamides is 1. The van der Waals surface area contributed by atoms with Crippen molar-refractivity contribution in [2.75, 3.05) is 11.6 Å². The average molecular weight is 372 g/mol. The van der Waals surface area contributed by atoms with E-state index in [0.29, 0.717) is 10.6 Å². The van der Waals surface area contributed by atoms with Crippen molar-refractivity contribution >= 4 is 55.0 Å². The molecule has 1 saturated heterocycles. The third-order valence-electron chi connectivity index (χ3n) is 2.56. The molecule has 2 heterocycles. The molecule has 0 saturated carbocycles. The number of carboxylic acids is 1. The second kappa shape index (κ2) is 5.12. The number of hydrogen-bond donors (Lipinski definition) is 1. The van der Waals surface area contributed by atoms with Gasteiger partial charge in [-0.3, -0.25) is 4.79 Å². The first-order valence-electron chi connectivity index (χ1n) is 4.92. The monoisotopic (exact) mass is 371 g/mol. The highest BCUT2D eigenvalue weighted by Crippen LogP contribution is 2.35. The fraction of sp³-hybridized carbons (Fsp3) is 0.444. The second-order valence-electron chi connectivity index (χ2n) is 3.72. The van der Waals surface area contributed by atoms with Crippen LogP contribution in [-0.4, -0.2) is 41.5 Å². The Morgan fingerprint density at radius 1 is 1.61 bits per heavy atom. The van der Waals surface area contributed by atoms with E-state index in [0.717, 1.165) is 8.09 Å². The van der Waals surface area contributed by atoms with Crippen LogP contribution in [0.2, 0.25) is 0 Å². The number of aryl methyl sites for hydroxylation is 1. The van der Waals surface area contributed by atoms with Crippen LogP contribution in [0.4, 0.5) is 0 Å². The Balaban J connectivity index is 2.43. The van der Waals surface area contributed by atoms with Crippen LogP contribution in [0.5, 0.6) is 0 Å². The fourth-order valence-electron chi connectivity index (χ4n) is 1.67. The van der Waals surface area contributed by atoms with Crippen LogP contribution >= 0.6 is 39.0 Å². The van der Waals surface area contributed by atoms with Gasteiger partial charge in [-0.1, -0.05) is 0 Å². The molecule has 1 atom stereocenters. The lowest BCUT2D eigenvalue weighted by molar-refractivity contribution is -0.140. The Hall–Kier alpha value is -0.0900. The van der Waals surface area contributed by atoms with Crippen molar-refractivity contribution in [3.05, 3.63) is 14.7 Å². The molecular weight excluding hydrogens is 362 g/mol. The molecule has 1 aliphatic heterocycles. The lowest BCUT2D eigenvalue weighted by atomic mass is 10.4. The second-order valence-corrected chi connectivity index (χ2v) is 9.21. The summed E-state index contributed by atoms with van der Waals surface area (Å²) in [6.07, 6.45) is 0. The summed E-state index contributed by atoms with van der Waals surface area (Å²) in [4.78, 5) is 11.9. The number of aliphatic carboxylic acids is 1. The van der Waals surface area contributed by atoms with E-state index in [1.807, 2.05) is 0 Å². The van der Waals surface area contributed by atoms with Crippen LogP contribution in [-0.2, 0) is 14.8 Å². The first kappa shape index (κ1) is 14.3. The molecule has 0 aromatic carbocycles. The molecule has 1 N–H and O–H groups in total. The van der Waals surface area contributed by atoms with Gasteiger partial charge in [-0.25, -0.2) is 8.42 Å². The van der Waals surface area contributed by atoms with Crippen LogP contribution in [0.15, 0.2) is 14.7 Å². The van der Waals surface area contributed by atoms with Gasteiger partial charge in [0.25, 0.3) is 0 Å². The molecule has 0 amide bonds. The van der Waals surface area contributed by atoms with E-state index in [4.69, 9.17) is 5.11 Å². The highest BCUT2D eigenvalue weighted by Gasteiger charge is 2.41. The number of carboxylic acid groups (broad SMARTS) is 1. The SMILES string of the molecule is Cc1sc(Br)cc1S(=O)(=O)N1CSCC1C(=O)O. The minimum absolute atomic E-state index is 0.187. The van der Waals surface area contributed by atoms with E-state index >= 15 is 0 Å². The lowest BCUT2D eigenvalue weighted by Gasteiger charge is -2.19. The third kappa shape index (κ3) is 2.46. The first-order valence-corrected chi connectivity index (χ1v) is 9.13. The van der Waals surface area contributed by atoms with Gasteiger partial charge in [-0.2, -0.15) is 4.31 Å². The van der Waals surface area contributed by atoms with Gasteiger partial charge in [0.1, 0.15) is 6.04 Å². The first-order chi connectivity index (χ1) is 8.34. The van der Waals surface area contributed by atoms with Crippen molar-refractivity contribution in [1.29, 1.82) is 0 Å². The zero-order chi connectivity index (χ0) is 13.5. The van der Waals surface area contributed by atoms with Gasteiger partial charge >= 0.3 is 5.97 Å². The molecular formula is C9H10BrNO4S3. The van der Waals surface area contributed by atoms with E-state index in [-0.39, 0.29) is 10.8 Å². The highest BCUT2D eigenvalue weighted by atomic mass is 79.9. The molecule has 100 valence electrons. The summed E-state index contributed by atoms with van der Waals surface area (Å²) in [7, 11) is -3.73. The number of thioether (sulfide) groups is 1. The molecule has 2 rings (SSSR count). The molecule has 1 aromatic rings. The van der Waals surface area contributed by atoms with Crippen LogP contribution in [0.25, 0.3) is 0 Å². The molecule has 9 heteroatoms. The minimum Gasteiger partial charge on any atom is -0.480 e. The van der Waals surface area contributed by atoms with Gasteiger partial charge in [0.2, 0.25) is 10.0 Å². The van der Waals surface area contributed by atoms with Crippen LogP contribution in [0.3, 0.4) is 0 Å². The maximum Gasteiger partial charge on any atom is 0.322 e. The number of halogens is 1. The molecule has 1 unspecified atom stereocenters. The van der Waals surface area contributed by atoms with Crippen molar-refractivity contribution in [3.8, 4) is 0 Å². The number of carbonyl (C=O) groups is 1. The van der Waals surface area contributed by atoms with Gasteiger partial charge in [0.15, 0.2) is 0 Å². The summed E-state index contributed by atoms with van der Waals surface area (Å²) in [6.45, 7) is 1.71. The van der Waals surface area contributed by atoms with E-state index in [2.05, 4.69) is 15.9 Å². The lowest BCUT2D eigenvalue weighted by Crippen LogP contribution is -2.41. The number of nitrogens with zero attached hydrogens (tertiary/aromatic N) is 1. The largest absolute Gasteiger partial charge is 0.480 e. The molecule has 0 bridgehead atoms. The van der Waals surface area contributed by atoms with Crippen molar-refractivity contribution in [1.82, 2.24) is 4.31 Å². The topological polar surface area (TPSA) is 74.7 Å². The smallest absolute Gasteiger partial charge is 0.322 e. The van der Waals surface area contributed by atoms with Crippen molar-refractivity contribution in [2.24, 2.45) is 0 Å². The molecule has 5 nitrogen and oxygen atoms in total. The number of hydrogen-bond acceptors (Lipinski definition) is 5. The molecule has 0 radical (unpaired) electrons. The van der Waals surface area contributed by atoms with E-state index in [1.165, 1.54) is 29.2 Å². The molecule has 1 fully saturated rings. The molecule has 0 aliphatic carbocycles. The maximum atomic E-state index is 12.4. The molecule has 1 aliphatic rings. The highest BCUT2D eigenvalue weighted by molar-refractivity contribution is 9.11. The third-order valence-corrected chi connectivity index (χ3v) is 7.39. The molecule has 18 heavy (non-hydrogen) atoms. The van der Waals surface area contributed by atoms with Crippen molar-refractivity contribution in [3.63, 3.8) is 0 Å². The van der Waals surface area contributed by atoms with Crippen LogP contribution < -0.4 is 0 Å². The van der Waals surface area contributed by atoms with Crippen LogP contribution in [0.1, 0.15) is 4.88 Å². The van der Waals surface area contributed by atoms with E-state index in [1.54, 1.807) is 6.92 Å².